The SMILES string of the molecule is CC(C)(C)C(=O)O[C@H]1CC[C@]2(O)[C@@]34C=CC5=CC(=O)CC[C@]5(C(=O)O3)C4CC[C@]12C. The Kier molecular flexibility index (Phi) is 3.76. The Hall–Kier alpha value is -1.95. The molecule has 2 saturated carbocycles. The average Bonchev–Trinajstić information content (AvgIpc) is 3.01. The van der Waals surface area contributed by atoms with Crippen molar-refractivity contribution in [3.05, 3.63) is 23.8 Å². The van der Waals surface area contributed by atoms with Gasteiger partial charge in [-0.1, -0.05) is 13.0 Å². The first-order chi connectivity index (χ1) is 13.9. The van der Waals surface area contributed by atoms with Crippen LogP contribution in [0.4, 0.5) is 0 Å². The summed E-state index contributed by atoms with van der Waals surface area (Å²) >= 11 is 0. The molecular weight excluding hydrogens is 384 g/mol. The summed E-state index contributed by atoms with van der Waals surface area (Å²) in [6.45, 7) is 7.42. The number of rotatable bonds is 1. The van der Waals surface area contributed by atoms with Gasteiger partial charge in [0.15, 0.2) is 11.4 Å². The van der Waals surface area contributed by atoms with Gasteiger partial charge in [0.05, 0.1) is 5.41 Å². The van der Waals surface area contributed by atoms with E-state index in [1.807, 2.05) is 39.8 Å². The normalized spacial score (nSPS) is 46.5. The van der Waals surface area contributed by atoms with E-state index in [2.05, 4.69) is 0 Å². The van der Waals surface area contributed by atoms with E-state index >= 15 is 0 Å². The number of carbonyl (C=O) groups excluding carboxylic acids is 3. The lowest BCUT2D eigenvalue weighted by atomic mass is 9.46. The fraction of sp³-hybridized carbons (Fsp3) is 0.708. The number of hydrogen-bond acceptors (Lipinski definition) is 6. The molecule has 0 aromatic carbocycles. The third kappa shape index (κ3) is 2.06. The summed E-state index contributed by atoms with van der Waals surface area (Å²) in [6.07, 6.45) is 7.76. The summed E-state index contributed by atoms with van der Waals surface area (Å²) in [4.78, 5) is 37.9. The van der Waals surface area contributed by atoms with Crippen LogP contribution >= 0.6 is 0 Å². The van der Waals surface area contributed by atoms with Crippen molar-refractivity contribution in [2.45, 2.75) is 83.5 Å². The first kappa shape index (κ1) is 20.0. The van der Waals surface area contributed by atoms with Crippen molar-refractivity contribution in [1.82, 2.24) is 0 Å². The van der Waals surface area contributed by atoms with Crippen LogP contribution in [-0.4, -0.2) is 40.1 Å². The van der Waals surface area contributed by atoms with Gasteiger partial charge in [-0.25, -0.2) is 0 Å². The van der Waals surface area contributed by atoms with Crippen molar-refractivity contribution in [3.8, 4) is 0 Å². The lowest BCUT2D eigenvalue weighted by Crippen LogP contribution is -2.69. The van der Waals surface area contributed by atoms with E-state index in [4.69, 9.17) is 9.47 Å². The molecule has 3 fully saturated rings. The van der Waals surface area contributed by atoms with Gasteiger partial charge in [-0.3, -0.25) is 14.4 Å². The second kappa shape index (κ2) is 5.64. The molecule has 1 aliphatic heterocycles. The fourth-order valence-corrected chi connectivity index (χ4v) is 6.95. The van der Waals surface area contributed by atoms with Crippen LogP contribution in [0.1, 0.15) is 66.2 Å². The first-order valence-corrected chi connectivity index (χ1v) is 11.0. The van der Waals surface area contributed by atoms with E-state index in [1.165, 1.54) is 0 Å². The Balaban J connectivity index is 1.59. The molecule has 1 unspecified atom stereocenters. The molecule has 5 rings (SSSR count). The van der Waals surface area contributed by atoms with Gasteiger partial charge in [0.25, 0.3) is 0 Å². The van der Waals surface area contributed by atoms with Gasteiger partial charge in [0.2, 0.25) is 0 Å². The predicted molar refractivity (Wildman–Crippen MR) is 107 cm³/mol. The molecule has 1 N–H and O–H groups in total. The van der Waals surface area contributed by atoms with E-state index in [0.29, 0.717) is 38.5 Å². The standard InChI is InChI=1S/C24H30O6/c1-20(2,3)18(26)29-17-8-12-24(28)21(17,4)9-7-16-22-10-6-15(25)13-14(22)5-11-23(16,24)30-19(22)27/h5,11,13,16-17,28H,6-10,12H2,1-4H3/t16?,17-,21+,22+,23-,24+/m0/s1. The molecule has 6 nitrogen and oxygen atoms in total. The van der Waals surface area contributed by atoms with Crippen molar-refractivity contribution in [3.63, 3.8) is 0 Å². The summed E-state index contributed by atoms with van der Waals surface area (Å²) in [5.41, 5.74) is -3.93. The van der Waals surface area contributed by atoms with Gasteiger partial charge in [0, 0.05) is 17.8 Å². The highest BCUT2D eigenvalue weighted by atomic mass is 16.6. The smallest absolute Gasteiger partial charge is 0.318 e. The number of allylic oxidation sites excluding steroid dienone is 2. The Bertz CT molecular complexity index is 924. The highest BCUT2D eigenvalue weighted by Gasteiger charge is 2.80. The molecule has 0 aromatic heterocycles. The summed E-state index contributed by atoms with van der Waals surface area (Å²) in [7, 11) is 0. The minimum Gasteiger partial charge on any atom is -0.461 e. The van der Waals surface area contributed by atoms with Crippen LogP contribution in [0.15, 0.2) is 23.8 Å². The van der Waals surface area contributed by atoms with Crippen molar-refractivity contribution < 1.29 is 29.0 Å². The minimum atomic E-state index is -1.33. The predicted octanol–water partition coefficient (Wildman–Crippen LogP) is 3.03. The molecule has 1 heterocycles. The molecule has 162 valence electrons. The summed E-state index contributed by atoms with van der Waals surface area (Å²) in [5.74, 6) is -0.796. The minimum absolute atomic E-state index is 0.0295. The number of ether oxygens (including phenoxy) is 2. The number of aliphatic hydroxyl groups is 1. The number of carbonyl (C=O) groups is 3. The van der Waals surface area contributed by atoms with E-state index in [1.54, 1.807) is 6.08 Å². The molecule has 0 amide bonds. The van der Waals surface area contributed by atoms with Crippen LogP contribution in [0, 0.1) is 22.2 Å². The zero-order valence-corrected chi connectivity index (χ0v) is 18.1. The van der Waals surface area contributed by atoms with Crippen LogP contribution in [0.2, 0.25) is 0 Å². The molecule has 1 spiro atoms. The maximum atomic E-state index is 13.3. The molecule has 6 heteroatoms. The van der Waals surface area contributed by atoms with Crippen LogP contribution in [0.5, 0.6) is 0 Å². The third-order valence-electron chi connectivity index (χ3n) is 8.73. The maximum Gasteiger partial charge on any atom is 0.318 e. The van der Waals surface area contributed by atoms with Crippen LogP contribution in [0.3, 0.4) is 0 Å². The van der Waals surface area contributed by atoms with E-state index in [0.717, 1.165) is 5.57 Å². The van der Waals surface area contributed by atoms with Crippen molar-refractivity contribution >= 4 is 17.7 Å². The quantitative estimate of drug-likeness (QED) is 0.664. The summed E-state index contributed by atoms with van der Waals surface area (Å²) in [5, 5.41) is 12.2. The second-order valence-corrected chi connectivity index (χ2v) is 11.1. The number of ketones is 1. The molecule has 2 bridgehead atoms. The number of fused-ring (bicyclic) bond motifs is 1. The lowest BCUT2D eigenvalue weighted by Gasteiger charge is -2.58. The molecule has 5 aliphatic rings. The zero-order valence-electron chi connectivity index (χ0n) is 18.1. The molecule has 6 atom stereocenters. The monoisotopic (exact) mass is 414 g/mol. The summed E-state index contributed by atoms with van der Waals surface area (Å²) < 4.78 is 12.0. The van der Waals surface area contributed by atoms with Gasteiger partial charge in [0.1, 0.15) is 17.1 Å². The lowest BCUT2D eigenvalue weighted by molar-refractivity contribution is -0.236. The molecule has 0 aromatic rings. The number of esters is 2. The first-order valence-electron chi connectivity index (χ1n) is 11.0. The Morgan fingerprint density at radius 2 is 1.93 bits per heavy atom. The molecule has 30 heavy (non-hydrogen) atoms. The molecule has 4 aliphatic carbocycles. The van der Waals surface area contributed by atoms with Crippen LogP contribution < -0.4 is 0 Å². The highest BCUT2D eigenvalue weighted by molar-refractivity contribution is 5.98. The van der Waals surface area contributed by atoms with Crippen LogP contribution in [0.25, 0.3) is 0 Å². The average molecular weight is 414 g/mol. The Labute approximate surface area is 176 Å². The van der Waals surface area contributed by atoms with Crippen LogP contribution in [-0.2, 0) is 23.9 Å². The van der Waals surface area contributed by atoms with Gasteiger partial charge < -0.3 is 14.6 Å². The van der Waals surface area contributed by atoms with E-state index < -0.39 is 33.6 Å². The molecule has 1 saturated heterocycles. The Morgan fingerprint density at radius 1 is 1.20 bits per heavy atom. The highest BCUT2D eigenvalue weighted by Crippen LogP contribution is 2.72. The number of hydrogen-bond donors (Lipinski definition) is 1. The van der Waals surface area contributed by atoms with Crippen molar-refractivity contribution in [2.75, 3.05) is 0 Å². The maximum absolute atomic E-state index is 13.3. The topological polar surface area (TPSA) is 89.9 Å². The van der Waals surface area contributed by atoms with E-state index in [-0.39, 0.29) is 23.6 Å². The second-order valence-electron chi connectivity index (χ2n) is 11.1. The van der Waals surface area contributed by atoms with Gasteiger partial charge in [-0.2, -0.15) is 0 Å². The summed E-state index contributed by atoms with van der Waals surface area (Å²) in [6, 6.07) is 0. The molecular formula is C24H30O6. The fourth-order valence-electron chi connectivity index (χ4n) is 6.95. The van der Waals surface area contributed by atoms with Crippen molar-refractivity contribution in [2.24, 2.45) is 22.2 Å². The third-order valence-corrected chi connectivity index (χ3v) is 8.73. The van der Waals surface area contributed by atoms with Gasteiger partial charge >= 0.3 is 11.9 Å². The Morgan fingerprint density at radius 3 is 2.63 bits per heavy atom. The largest absolute Gasteiger partial charge is 0.461 e. The molecule has 0 radical (unpaired) electrons. The van der Waals surface area contributed by atoms with E-state index in [9.17, 15) is 19.5 Å². The van der Waals surface area contributed by atoms with Gasteiger partial charge in [-0.05, 0) is 70.6 Å². The van der Waals surface area contributed by atoms with Gasteiger partial charge in [-0.15, -0.1) is 0 Å². The van der Waals surface area contributed by atoms with Crippen molar-refractivity contribution in [1.29, 1.82) is 0 Å². The zero-order chi connectivity index (χ0) is 21.7.